The summed E-state index contributed by atoms with van der Waals surface area (Å²) in [7, 11) is 2.44. The molecule has 1 fully saturated rings. The van der Waals surface area contributed by atoms with Gasteiger partial charge in [-0.25, -0.2) is 4.79 Å². The summed E-state index contributed by atoms with van der Waals surface area (Å²) in [4.78, 5) is 52.8. The van der Waals surface area contributed by atoms with Crippen LogP contribution in [0.15, 0.2) is 5.70 Å². The Morgan fingerprint density at radius 1 is 1.03 bits per heavy atom. The van der Waals surface area contributed by atoms with Crippen LogP contribution in [0.2, 0.25) is 0 Å². The molecule has 10 nitrogen and oxygen atoms in total. The molecule has 0 N–H and O–H groups in total. The molecule has 0 saturated carbocycles. The molecule has 2 rings (SSSR count). The van der Waals surface area contributed by atoms with E-state index in [2.05, 4.69) is 15.0 Å². The Bertz CT molecular complexity index is 1010. The fraction of sp³-hybridized carbons (Fsp3) is 0.500. The van der Waals surface area contributed by atoms with Crippen molar-refractivity contribution in [2.24, 2.45) is 0 Å². The van der Waals surface area contributed by atoms with Gasteiger partial charge in [0.2, 0.25) is 0 Å². The number of amides is 1. The van der Waals surface area contributed by atoms with E-state index in [9.17, 15) is 24.4 Å². The third-order valence-corrected chi connectivity index (χ3v) is 4.58. The van der Waals surface area contributed by atoms with Gasteiger partial charge >= 0.3 is 37.4 Å². The number of carbonyl (C=O) groups is 4. The van der Waals surface area contributed by atoms with Crippen LogP contribution in [0.5, 0.6) is 0 Å². The van der Waals surface area contributed by atoms with Crippen molar-refractivity contribution >= 4 is 29.4 Å². The Kier molecular flexibility index (Phi) is 9.99. The van der Waals surface area contributed by atoms with Gasteiger partial charge in [0, 0.05) is 12.0 Å². The Labute approximate surface area is 204 Å². The summed E-state index contributed by atoms with van der Waals surface area (Å²) in [6, 6.07) is 1.99. The first kappa shape index (κ1) is 28.0. The van der Waals surface area contributed by atoms with Gasteiger partial charge in [-0.1, -0.05) is 5.56 Å². The van der Waals surface area contributed by atoms with Crippen molar-refractivity contribution in [3.8, 4) is 6.07 Å². The number of aromatic nitrogens is 1. The SMILES string of the molecule is COC(=O)CCc1c(C(=O)OC(C)(C)C)[n-]c(/C(C#N)=C2/CCC(=O)[N-]2)c1CC(=O)OC.[Zn+2]. The third kappa shape index (κ3) is 7.26. The van der Waals surface area contributed by atoms with Crippen LogP contribution < -0.4 is 4.98 Å². The van der Waals surface area contributed by atoms with Crippen LogP contribution in [-0.2, 0) is 60.9 Å². The van der Waals surface area contributed by atoms with E-state index in [0.717, 1.165) is 0 Å². The second-order valence-electron chi connectivity index (χ2n) is 8.04. The average molecular weight is 509 g/mol. The smallest absolute Gasteiger partial charge is 0.650 e. The van der Waals surface area contributed by atoms with Gasteiger partial charge < -0.3 is 29.3 Å². The van der Waals surface area contributed by atoms with Gasteiger partial charge in [-0.05, 0) is 51.3 Å². The van der Waals surface area contributed by atoms with E-state index < -0.39 is 23.5 Å². The molecular formula is C22H25N3O7Zn. The monoisotopic (exact) mass is 507 g/mol. The van der Waals surface area contributed by atoms with Crippen molar-refractivity contribution < 1.29 is 52.9 Å². The Hall–Kier alpha value is -2.99. The predicted octanol–water partition coefficient (Wildman–Crippen LogP) is 2.35. The molecule has 0 atom stereocenters. The number of hydrogen-bond donors (Lipinski definition) is 0. The molecule has 33 heavy (non-hydrogen) atoms. The van der Waals surface area contributed by atoms with Gasteiger partial charge in [0.15, 0.2) is 0 Å². The molecule has 1 aromatic rings. The Balaban J connectivity index is 0.00000544. The molecule has 0 spiro atoms. The number of esters is 3. The average Bonchev–Trinajstić information content (AvgIpc) is 3.29. The molecule has 1 saturated heterocycles. The van der Waals surface area contributed by atoms with E-state index in [4.69, 9.17) is 9.47 Å². The van der Waals surface area contributed by atoms with Crippen LogP contribution in [0.1, 0.15) is 67.3 Å². The van der Waals surface area contributed by atoms with Crippen LogP contribution in [0.4, 0.5) is 0 Å². The van der Waals surface area contributed by atoms with E-state index in [0.29, 0.717) is 0 Å². The summed E-state index contributed by atoms with van der Waals surface area (Å²) >= 11 is 0. The molecule has 1 aliphatic heterocycles. The number of hydrogen-bond acceptors (Lipinski definition) is 8. The van der Waals surface area contributed by atoms with Gasteiger partial charge in [0.1, 0.15) is 5.60 Å². The Morgan fingerprint density at radius 3 is 2.15 bits per heavy atom. The summed E-state index contributed by atoms with van der Waals surface area (Å²) in [5.41, 5.74) is -0.145. The van der Waals surface area contributed by atoms with Gasteiger partial charge in [0.25, 0.3) is 0 Å². The number of nitriles is 1. The standard InChI is InChI=1S/C22H27N3O7.Zn/c1-22(2,3)32-21(29)20-12(6-9-17(27)30-4)13(10-18(28)31-5)19(25-20)14(11-23)15-7-8-16(26)24-15;/h6-10H2,1-5H3,(H2,24,25,26,29);/q;+2/p-2. The van der Waals surface area contributed by atoms with E-state index in [-0.39, 0.29) is 91.3 Å². The van der Waals surface area contributed by atoms with Crippen molar-refractivity contribution in [3.05, 3.63) is 33.5 Å². The number of nitrogens with zero attached hydrogens (tertiary/aromatic N) is 3. The van der Waals surface area contributed by atoms with E-state index in [1.165, 1.54) is 14.2 Å². The zero-order valence-electron chi connectivity index (χ0n) is 19.4. The molecule has 2 heterocycles. The molecule has 0 radical (unpaired) electrons. The van der Waals surface area contributed by atoms with Crippen LogP contribution in [0.25, 0.3) is 10.9 Å². The summed E-state index contributed by atoms with van der Waals surface area (Å²) < 4.78 is 14.9. The zero-order chi connectivity index (χ0) is 24.1. The first-order valence-electron chi connectivity index (χ1n) is 9.94. The maximum Gasteiger partial charge on any atom is 2.00 e. The van der Waals surface area contributed by atoms with Gasteiger partial charge in [-0.3, -0.25) is 9.59 Å². The minimum Gasteiger partial charge on any atom is -0.650 e. The fourth-order valence-electron chi connectivity index (χ4n) is 3.16. The predicted molar refractivity (Wildman–Crippen MR) is 111 cm³/mol. The molecule has 1 aliphatic rings. The number of carbonyl (C=O) groups excluding carboxylic acids is 4. The second kappa shape index (κ2) is 11.8. The summed E-state index contributed by atoms with van der Waals surface area (Å²) in [5, 5.41) is 13.7. The van der Waals surface area contributed by atoms with Crippen LogP contribution in [0, 0.1) is 11.3 Å². The first-order valence-corrected chi connectivity index (χ1v) is 9.94. The van der Waals surface area contributed by atoms with E-state index >= 15 is 0 Å². The van der Waals surface area contributed by atoms with Crippen molar-refractivity contribution in [1.29, 1.82) is 5.26 Å². The topological polar surface area (TPSA) is 148 Å². The second-order valence-corrected chi connectivity index (χ2v) is 8.04. The van der Waals surface area contributed by atoms with Crippen molar-refractivity contribution in [3.63, 3.8) is 0 Å². The van der Waals surface area contributed by atoms with Crippen LogP contribution in [0.3, 0.4) is 0 Å². The molecule has 1 aromatic heterocycles. The number of ether oxygens (including phenoxy) is 3. The Morgan fingerprint density at radius 2 is 1.67 bits per heavy atom. The fourth-order valence-corrected chi connectivity index (χ4v) is 3.16. The summed E-state index contributed by atoms with van der Waals surface area (Å²) in [5.74, 6) is -2.29. The molecular weight excluding hydrogens is 484 g/mol. The zero-order valence-corrected chi connectivity index (χ0v) is 22.4. The van der Waals surface area contributed by atoms with Gasteiger partial charge in [-0.15, -0.1) is 11.4 Å². The van der Waals surface area contributed by atoms with E-state index in [1.807, 2.05) is 6.07 Å². The van der Waals surface area contributed by atoms with Gasteiger partial charge in [-0.2, -0.15) is 5.26 Å². The van der Waals surface area contributed by atoms with Crippen molar-refractivity contribution in [1.82, 2.24) is 4.98 Å². The largest absolute Gasteiger partial charge is 2.00 e. The van der Waals surface area contributed by atoms with Crippen LogP contribution >= 0.6 is 0 Å². The van der Waals surface area contributed by atoms with E-state index in [1.54, 1.807) is 20.8 Å². The molecule has 0 aliphatic carbocycles. The maximum absolute atomic E-state index is 12.9. The molecule has 0 unspecified atom stereocenters. The molecule has 0 aromatic carbocycles. The quantitative estimate of drug-likeness (QED) is 0.234. The number of allylic oxidation sites excluding steroid dienone is 2. The van der Waals surface area contributed by atoms with Crippen LogP contribution in [-0.4, -0.2) is 43.6 Å². The molecule has 0 bridgehead atoms. The molecule has 11 heteroatoms. The van der Waals surface area contributed by atoms with Crippen molar-refractivity contribution in [2.45, 2.75) is 58.5 Å². The molecule has 172 valence electrons. The minimum atomic E-state index is -0.831. The van der Waals surface area contributed by atoms with Crippen molar-refractivity contribution in [2.75, 3.05) is 14.2 Å². The van der Waals surface area contributed by atoms with Gasteiger partial charge in [0.05, 0.1) is 32.6 Å². The number of rotatable bonds is 7. The first-order chi connectivity index (χ1) is 15.0. The minimum absolute atomic E-state index is 0. The number of methoxy groups -OCH3 is 2. The third-order valence-electron chi connectivity index (χ3n) is 4.58. The molecule has 1 amide bonds. The maximum atomic E-state index is 12.9. The summed E-state index contributed by atoms with van der Waals surface area (Å²) in [6.07, 6.45) is 0.0232. The summed E-state index contributed by atoms with van der Waals surface area (Å²) in [6.45, 7) is 5.05. The normalized spacial score (nSPS) is 14.5.